The van der Waals surface area contributed by atoms with Gasteiger partial charge < -0.3 is 5.11 Å². The minimum Gasteiger partial charge on any atom is -0.478 e. The zero-order valence-electron chi connectivity index (χ0n) is 17.8. The summed E-state index contributed by atoms with van der Waals surface area (Å²) in [6, 6.07) is 15.2. The Morgan fingerprint density at radius 2 is 1.84 bits per heavy atom. The summed E-state index contributed by atoms with van der Waals surface area (Å²) in [6.07, 6.45) is 9.70. The Morgan fingerprint density at radius 3 is 2.55 bits per heavy atom. The Kier molecular flexibility index (Phi) is 6.60. The minimum atomic E-state index is -0.912. The molecule has 0 saturated heterocycles. The van der Waals surface area contributed by atoms with Crippen LogP contribution < -0.4 is 0 Å². The quantitative estimate of drug-likeness (QED) is 0.468. The third kappa shape index (κ3) is 4.93. The summed E-state index contributed by atoms with van der Waals surface area (Å²) < 4.78 is 2.04. The summed E-state index contributed by atoms with van der Waals surface area (Å²) in [5.74, 6) is 1.55. The molecule has 1 aliphatic rings. The van der Waals surface area contributed by atoms with Crippen molar-refractivity contribution in [3.8, 4) is 11.1 Å². The normalized spacial score (nSPS) is 14.5. The Labute approximate surface area is 183 Å². The molecule has 1 aromatic heterocycles. The van der Waals surface area contributed by atoms with Gasteiger partial charge in [-0.3, -0.25) is 0 Å². The largest absolute Gasteiger partial charge is 0.478 e. The highest BCUT2D eigenvalue weighted by Crippen LogP contribution is 2.31. The first-order valence-electron chi connectivity index (χ1n) is 11.1. The molecule has 1 saturated carbocycles. The SMILES string of the molecule is C=CCCn1nc(C2CCCCC2)nc1Cc1ccc(-c2ccccc2C(=O)O)cc1. The van der Waals surface area contributed by atoms with Gasteiger partial charge in [0.15, 0.2) is 5.82 Å². The molecule has 3 aromatic rings. The number of hydrogen-bond donors (Lipinski definition) is 1. The van der Waals surface area contributed by atoms with Crippen molar-refractivity contribution in [2.45, 2.75) is 57.4 Å². The molecule has 5 nitrogen and oxygen atoms in total. The molecule has 2 aromatic carbocycles. The van der Waals surface area contributed by atoms with Crippen molar-refractivity contribution >= 4 is 5.97 Å². The fraction of sp³-hybridized carbons (Fsp3) is 0.346. The number of aromatic nitrogens is 3. The van der Waals surface area contributed by atoms with Gasteiger partial charge in [-0.15, -0.1) is 6.58 Å². The lowest BCUT2D eigenvalue weighted by Crippen LogP contribution is -2.08. The molecule has 1 aliphatic carbocycles. The average molecular weight is 416 g/mol. The highest BCUT2D eigenvalue weighted by molar-refractivity contribution is 5.95. The molecule has 0 bridgehead atoms. The van der Waals surface area contributed by atoms with Crippen molar-refractivity contribution in [3.63, 3.8) is 0 Å². The van der Waals surface area contributed by atoms with E-state index in [-0.39, 0.29) is 0 Å². The summed E-state index contributed by atoms with van der Waals surface area (Å²) in [7, 11) is 0. The molecular weight excluding hydrogens is 386 g/mol. The van der Waals surface area contributed by atoms with Crippen LogP contribution in [0.1, 0.15) is 72.0 Å². The molecule has 0 aliphatic heterocycles. The van der Waals surface area contributed by atoms with Gasteiger partial charge in [0.05, 0.1) is 5.56 Å². The monoisotopic (exact) mass is 415 g/mol. The third-order valence-electron chi connectivity index (χ3n) is 6.06. The van der Waals surface area contributed by atoms with Crippen molar-refractivity contribution in [1.82, 2.24) is 14.8 Å². The van der Waals surface area contributed by atoms with E-state index in [0.717, 1.165) is 41.3 Å². The summed E-state index contributed by atoms with van der Waals surface area (Å²) in [4.78, 5) is 16.5. The van der Waals surface area contributed by atoms with Gasteiger partial charge in [-0.05, 0) is 42.0 Å². The fourth-order valence-electron chi connectivity index (χ4n) is 4.36. The maximum atomic E-state index is 11.5. The van der Waals surface area contributed by atoms with Gasteiger partial charge in [0.1, 0.15) is 5.82 Å². The van der Waals surface area contributed by atoms with Crippen LogP contribution in [0.5, 0.6) is 0 Å². The van der Waals surface area contributed by atoms with Gasteiger partial charge >= 0.3 is 5.97 Å². The number of aromatic carboxylic acids is 1. The molecule has 160 valence electrons. The van der Waals surface area contributed by atoms with E-state index in [9.17, 15) is 9.90 Å². The van der Waals surface area contributed by atoms with Crippen LogP contribution in [0.3, 0.4) is 0 Å². The lowest BCUT2D eigenvalue weighted by Gasteiger charge is -2.18. The van der Waals surface area contributed by atoms with E-state index < -0.39 is 5.97 Å². The van der Waals surface area contributed by atoms with Gasteiger partial charge in [0.2, 0.25) is 0 Å². The van der Waals surface area contributed by atoms with E-state index in [4.69, 9.17) is 10.1 Å². The van der Waals surface area contributed by atoms with Crippen molar-refractivity contribution < 1.29 is 9.90 Å². The molecule has 1 heterocycles. The maximum absolute atomic E-state index is 11.5. The number of allylic oxidation sites excluding steroid dienone is 1. The van der Waals surface area contributed by atoms with E-state index in [0.29, 0.717) is 17.9 Å². The minimum absolute atomic E-state index is 0.316. The third-order valence-corrected chi connectivity index (χ3v) is 6.06. The van der Waals surface area contributed by atoms with Crippen molar-refractivity contribution in [2.75, 3.05) is 0 Å². The molecule has 0 radical (unpaired) electrons. The smallest absolute Gasteiger partial charge is 0.336 e. The first-order chi connectivity index (χ1) is 15.2. The molecule has 1 fully saturated rings. The standard InChI is InChI=1S/C26H29N3O2/c1-2-3-17-29-24(27-25(28-29)21-9-5-4-6-10-21)18-19-13-15-20(16-14-19)22-11-7-8-12-23(22)26(30)31/h2,7-8,11-16,21H,1,3-6,9-10,17-18H2,(H,30,31). The average Bonchev–Trinajstić information content (AvgIpc) is 3.21. The van der Waals surface area contributed by atoms with Crippen molar-refractivity contribution in [2.24, 2.45) is 0 Å². The fourth-order valence-corrected chi connectivity index (χ4v) is 4.36. The zero-order valence-corrected chi connectivity index (χ0v) is 17.8. The molecule has 31 heavy (non-hydrogen) atoms. The molecule has 1 N–H and O–H groups in total. The Balaban J connectivity index is 1.56. The summed E-state index contributed by atoms with van der Waals surface area (Å²) in [5.41, 5.74) is 3.09. The summed E-state index contributed by atoms with van der Waals surface area (Å²) in [5, 5.41) is 14.3. The maximum Gasteiger partial charge on any atom is 0.336 e. The number of carbonyl (C=O) groups is 1. The number of benzene rings is 2. The highest BCUT2D eigenvalue weighted by atomic mass is 16.4. The van der Waals surface area contributed by atoms with Crippen LogP contribution in [0.15, 0.2) is 61.2 Å². The second-order valence-corrected chi connectivity index (χ2v) is 8.25. The van der Waals surface area contributed by atoms with E-state index in [2.05, 4.69) is 18.7 Å². The second-order valence-electron chi connectivity index (χ2n) is 8.25. The summed E-state index contributed by atoms with van der Waals surface area (Å²) >= 11 is 0. The predicted octanol–water partition coefficient (Wildman–Crippen LogP) is 5.86. The van der Waals surface area contributed by atoms with E-state index in [1.54, 1.807) is 12.1 Å². The first-order valence-corrected chi connectivity index (χ1v) is 11.1. The topological polar surface area (TPSA) is 68.0 Å². The van der Waals surface area contributed by atoms with Crippen LogP contribution in [-0.4, -0.2) is 25.8 Å². The molecule has 0 atom stereocenters. The molecule has 0 amide bonds. The molecular formula is C26H29N3O2. The number of aryl methyl sites for hydroxylation is 1. The number of hydrogen-bond acceptors (Lipinski definition) is 3. The van der Waals surface area contributed by atoms with Crippen LogP contribution >= 0.6 is 0 Å². The van der Waals surface area contributed by atoms with Crippen LogP contribution in [0, 0.1) is 0 Å². The van der Waals surface area contributed by atoms with Crippen molar-refractivity contribution in [1.29, 1.82) is 0 Å². The molecule has 5 heteroatoms. The van der Waals surface area contributed by atoms with Crippen LogP contribution in [0.4, 0.5) is 0 Å². The van der Waals surface area contributed by atoms with Gasteiger partial charge in [-0.2, -0.15) is 5.10 Å². The lowest BCUT2D eigenvalue weighted by molar-refractivity contribution is 0.0697. The van der Waals surface area contributed by atoms with E-state index in [1.807, 2.05) is 35.0 Å². The Bertz CT molecular complexity index is 1050. The zero-order chi connectivity index (χ0) is 21.6. The first kappa shape index (κ1) is 21.0. The number of carboxylic acids is 1. The number of rotatable bonds is 8. The Hall–Kier alpha value is -3.21. The summed E-state index contributed by atoms with van der Waals surface area (Å²) in [6.45, 7) is 4.63. The van der Waals surface area contributed by atoms with Crippen LogP contribution in [-0.2, 0) is 13.0 Å². The predicted molar refractivity (Wildman–Crippen MR) is 122 cm³/mol. The van der Waals surface area contributed by atoms with E-state index in [1.165, 1.54) is 32.1 Å². The molecule has 4 rings (SSSR count). The van der Waals surface area contributed by atoms with Gasteiger partial charge in [0.25, 0.3) is 0 Å². The number of nitrogens with zero attached hydrogens (tertiary/aromatic N) is 3. The Morgan fingerprint density at radius 1 is 1.10 bits per heavy atom. The highest BCUT2D eigenvalue weighted by Gasteiger charge is 2.21. The van der Waals surface area contributed by atoms with Crippen molar-refractivity contribution in [3.05, 3.63) is 84.0 Å². The second kappa shape index (κ2) is 9.73. The molecule has 0 spiro atoms. The lowest BCUT2D eigenvalue weighted by atomic mass is 9.89. The van der Waals surface area contributed by atoms with Crippen LogP contribution in [0.2, 0.25) is 0 Å². The van der Waals surface area contributed by atoms with Gasteiger partial charge in [0, 0.05) is 18.9 Å². The van der Waals surface area contributed by atoms with Crippen LogP contribution in [0.25, 0.3) is 11.1 Å². The number of carboxylic acid groups (broad SMARTS) is 1. The molecule has 0 unspecified atom stereocenters. The van der Waals surface area contributed by atoms with Gasteiger partial charge in [-0.1, -0.05) is 67.8 Å². The van der Waals surface area contributed by atoms with E-state index >= 15 is 0 Å². The van der Waals surface area contributed by atoms with Gasteiger partial charge in [-0.25, -0.2) is 14.5 Å².